The van der Waals surface area contributed by atoms with Crippen LogP contribution in [0.5, 0.6) is 0 Å². The molecule has 3 atom stereocenters. The van der Waals surface area contributed by atoms with E-state index in [1.807, 2.05) is 30.3 Å². The highest BCUT2D eigenvalue weighted by molar-refractivity contribution is 5.94. The van der Waals surface area contributed by atoms with Gasteiger partial charge in [-0.1, -0.05) is 36.4 Å². The average molecular weight is 430 g/mol. The van der Waals surface area contributed by atoms with Gasteiger partial charge in [-0.3, -0.25) is 9.59 Å². The van der Waals surface area contributed by atoms with Gasteiger partial charge in [0.2, 0.25) is 5.91 Å². The summed E-state index contributed by atoms with van der Waals surface area (Å²) in [5.74, 6) is -2.79. The molecule has 0 aliphatic heterocycles. The van der Waals surface area contributed by atoms with E-state index < -0.39 is 40.7 Å². The summed E-state index contributed by atoms with van der Waals surface area (Å²) in [7, 11) is 1.46. The van der Waals surface area contributed by atoms with Crippen LogP contribution in [0.4, 0.5) is 8.78 Å². The third kappa shape index (κ3) is 4.93. The van der Waals surface area contributed by atoms with Crippen molar-refractivity contribution in [3.63, 3.8) is 0 Å². The third-order valence-electron chi connectivity index (χ3n) is 6.34. The normalized spacial score (nSPS) is 23.6. The van der Waals surface area contributed by atoms with Crippen molar-refractivity contribution in [1.82, 2.24) is 10.2 Å². The van der Waals surface area contributed by atoms with Gasteiger partial charge in [-0.05, 0) is 43.4 Å². The maximum Gasteiger partial charge on any atom is 0.259 e. The molecule has 2 aromatic rings. The highest BCUT2D eigenvalue weighted by Crippen LogP contribution is 2.39. The minimum absolute atomic E-state index is 0.140. The Balaban J connectivity index is 1.87. The van der Waals surface area contributed by atoms with Gasteiger partial charge in [-0.25, -0.2) is 8.78 Å². The molecule has 0 saturated heterocycles. The fourth-order valence-corrected chi connectivity index (χ4v) is 4.49. The molecule has 1 fully saturated rings. The van der Waals surface area contributed by atoms with Crippen molar-refractivity contribution in [2.24, 2.45) is 0 Å². The van der Waals surface area contributed by atoms with Crippen LogP contribution < -0.4 is 5.32 Å². The van der Waals surface area contributed by atoms with E-state index in [0.29, 0.717) is 32.2 Å². The number of carbonyl (C=O) groups is 2. The lowest BCUT2D eigenvalue weighted by Crippen LogP contribution is -2.44. The summed E-state index contributed by atoms with van der Waals surface area (Å²) in [4.78, 5) is 25.7. The molecule has 1 aliphatic carbocycles. The Labute approximate surface area is 181 Å². The van der Waals surface area contributed by atoms with Crippen LogP contribution >= 0.6 is 0 Å². The molecule has 2 aromatic carbocycles. The predicted octanol–water partition coefficient (Wildman–Crippen LogP) is 3.41. The van der Waals surface area contributed by atoms with Gasteiger partial charge in [0.05, 0.1) is 12.1 Å². The first-order valence-corrected chi connectivity index (χ1v) is 10.4. The van der Waals surface area contributed by atoms with Crippen molar-refractivity contribution in [3.05, 3.63) is 71.3 Å². The second-order valence-electron chi connectivity index (χ2n) is 8.28. The minimum Gasteiger partial charge on any atom is -0.391 e. The lowest BCUT2D eigenvalue weighted by atomic mass is 9.74. The Morgan fingerprint density at radius 2 is 1.68 bits per heavy atom. The van der Waals surface area contributed by atoms with Crippen molar-refractivity contribution in [2.75, 3.05) is 13.6 Å². The zero-order chi connectivity index (χ0) is 22.6. The van der Waals surface area contributed by atoms with E-state index in [1.165, 1.54) is 24.9 Å². The number of halogens is 2. The molecule has 0 unspecified atom stereocenters. The van der Waals surface area contributed by atoms with Gasteiger partial charge in [0.15, 0.2) is 0 Å². The predicted molar refractivity (Wildman–Crippen MR) is 114 cm³/mol. The number of nitrogens with zero attached hydrogens (tertiary/aromatic N) is 1. The van der Waals surface area contributed by atoms with Crippen LogP contribution in [0.2, 0.25) is 0 Å². The lowest BCUT2D eigenvalue weighted by molar-refractivity contribution is -0.119. The third-order valence-corrected chi connectivity index (χ3v) is 6.34. The number of hydrogen-bond donors (Lipinski definition) is 2. The van der Waals surface area contributed by atoms with E-state index in [0.717, 1.165) is 17.7 Å². The van der Waals surface area contributed by atoms with Crippen LogP contribution in [0.1, 0.15) is 48.5 Å². The number of rotatable bonds is 5. The molecule has 2 amide bonds. The van der Waals surface area contributed by atoms with Gasteiger partial charge >= 0.3 is 0 Å². The molecule has 0 heterocycles. The summed E-state index contributed by atoms with van der Waals surface area (Å²) in [5, 5.41) is 13.7. The number of nitrogens with one attached hydrogen (secondary N) is 1. The van der Waals surface area contributed by atoms with E-state index in [4.69, 9.17) is 0 Å². The smallest absolute Gasteiger partial charge is 0.259 e. The van der Waals surface area contributed by atoms with Crippen molar-refractivity contribution >= 4 is 11.8 Å². The topological polar surface area (TPSA) is 69.6 Å². The van der Waals surface area contributed by atoms with Crippen molar-refractivity contribution in [3.8, 4) is 0 Å². The van der Waals surface area contributed by atoms with Crippen LogP contribution in [0.15, 0.2) is 48.5 Å². The standard InChI is InChI=1S/C24H28F2N2O3/c1-16(29)27-15-24(17-7-4-3-5-8-17)13-11-20(21(30)12-14-24)28(2)23(31)22-18(25)9-6-10-19(22)26/h3-10,20-21,30H,11-15H2,1-2H3,(H,27,29)/t20-,21-,24-/m1/s1. The largest absolute Gasteiger partial charge is 0.391 e. The molecular formula is C24H28F2N2O3. The van der Waals surface area contributed by atoms with E-state index >= 15 is 0 Å². The first kappa shape index (κ1) is 22.9. The minimum atomic E-state index is -0.927. The summed E-state index contributed by atoms with van der Waals surface area (Å²) < 4.78 is 28.3. The highest BCUT2D eigenvalue weighted by Gasteiger charge is 2.40. The monoisotopic (exact) mass is 430 g/mol. The molecule has 5 nitrogen and oxygen atoms in total. The number of aliphatic hydroxyl groups is 1. The fourth-order valence-electron chi connectivity index (χ4n) is 4.49. The Hall–Kier alpha value is -2.80. The molecule has 1 aliphatic rings. The van der Waals surface area contributed by atoms with Crippen molar-refractivity contribution in [1.29, 1.82) is 0 Å². The zero-order valence-corrected chi connectivity index (χ0v) is 17.8. The first-order chi connectivity index (χ1) is 14.7. The number of carbonyl (C=O) groups excluding carboxylic acids is 2. The maximum atomic E-state index is 14.1. The first-order valence-electron chi connectivity index (χ1n) is 10.4. The molecular weight excluding hydrogens is 402 g/mol. The molecule has 0 bridgehead atoms. The SMILES string of the molecule is CC(=O)NC[C@]1(c2ccccc2)CC[C@@H](O)[C@H](N(C)C(=O)c2c(F)cccc2F)CC1. The molecule has 2 N–H and O–H groups in total. The van der Waals surface area contributed by atoms with Gasteiger partial charge in [0.1, 0.15) is 17.2 Å². The molecule has 0 radical (unpaired) electrons. The molecule has 3 rings (SSSR count). The maximum absolute atomic E-state index is 14.1. The molecule has 1 saturated carbocycles. The van der Waals surface area contributed by atoms with E-state index in [9.17, 15) is 23.5 Å². The van der Waals surface area contributed by atoms with Crippen LogP contribution in [0.3, 0.4) is 0 Å². The zero-order valence-electron chi connectivity index (χ0n) is 17.8. The quantitative estimate of drug-likeness (QED) is 0.715. The number of amides is 2. The van der Waals surface area contributed by atoms with Gasteiger partial charge in [0, 0.05) is 25.9 Å². The summed E-state index contributed by atoms with van der Waals surface area (Å²) in [6.07, 6.45) is 1.15. The van der Waals surface area contributed by atoms with Gasteiger partial charge in [-0.2, -0.15) is 0 Å². The molecule has 166 valence electrons. The molecule has 31 heavy (non-hydrogen) atoms. The molecule has 0 aromatic heterocycles. The average Bonchev–Trinajstić information content (AvgIpc) is 2.92. The lowest BCUT2D eigenvalue weighted by Gasteiger charge is -2.34. The fraction of sp³-hybridized carbons (Fsp3) is 0.417. The number of likely N-dealkylation sites (N-methyl/N-ethyl adjacent to an activating group) is 1. The number of hydrogen-bond acceptors (Lipinski definition) is 3. The summed E-state index contributed by atoms with van der Waals surface area (Å²) in [5.41, 5.74) is 0.0234. The van der Waals surface area contributed by atoms with Crippen molar-refractivity contribution in [2.45, 2.75) is 50.2 Å². The summed E-state index contributed by atoms with van der Waals surface area (Å²) in [6.45, 7) is 1.87. The highest BCUT2D eigenvalue weighted by atomic mass is 19.1. The van der Waals surface area contributed by atoms with Gasteiger partial charge < -0.3 is 15.3 Å². The summed E-state index contributed by atoms with van der Waals surface area (Å²) >= 11 is 0. The number of benzene rings is 2. The van der Waals surface area contributed by atoms with E-state index in [2.05, 4.69) is 5.32 Å². The van der Waals surface area contributed by atoms with Crippen molar-refractivity contribution < 1.29 is 23.5 Å². The Bertz CT molecular complexity index is 917. The molecule has 7 heteroatoms. The second-order valence-corrected chi connectivity index (χ2v) is 8.28. The van der Waals surface area contributed by atoms with Crippen LogP contribution in [0, 0.1) is 11.6 Å². The Morgan fingerprint density at radius 1 is 1.06 bits per heavy atom. The van der Waals surface area contributed by atoms with E-state index in [1.54, 1.807) is 0 Å². The molecule has 0 spiro atoms. The second kappa shape index (κ2) is 9.56. The summed E-state index contributed by atoms with van der Waals surface area (Å²) in [6, 6.07) is 12.5. The van der Waals surface area contributed by atoms with Gasteiger partial charge in [-0.15, -0.1) is 0 Å². The van der Waals surface area contributed by atoms with E-state index in [-0.39, 0.29) is 5.91 Å². The number of aliphatic hydroxyl groups excluding tert-OH is 1. The van der Waals surface area contributed by atoms with Crippen LogP contribution in [-0.2, 0) is 10.2 Å². The van der Waals surface area contributed by atoms with Crippen LogP contribution in [0.25, 0.3) is 0 Å². The Morgan fingerprint density at radius 3 is 2.29 bits per heavy atom. The van der Waals surface area contributed by atoms with Crippen LogP contribution in [-0.4, -0.2) is 47.6 Å². The van der Waals surface area contributed by atoms with Gasteiger partial charge in [0.25, 0.3) is 5.91 Å². The Kier molecular flexibility index (Phi) is 7.05.